The van der Waals surface area contributed by atoms with E-state index in [0.29, 0.717) is 0 Å². The van der Waals surface area contributed by atoms with E-state index in [9.17, 15) is 0 Å². The molecular formula is C38H31N3. The molecule has 2 aromatic heterocycles. The third-order valence-corrected chi connectivity index (χ3v) is 8.55. The molecule has 0 spiro atoms. The second-order valence-electron chi connectivity index (χ2n) is 12.1. The SMILES string of the molecule is CC(C)(C)n1c2c(c3cc(-c4ccccc4-c4cnc5c6ccccc6c6ccccc6c5n4)ccc31)C=CCC2. The zero-order chi connectivity index (χ0) is 27.7. The second kappa shape index (κ2) is 8.87. The molecule has 0 saturated heterocycles. The fourth-order valence-electron chi connectivity index (χ4n) is 6.87. The van der Waals surface area contributed by atoms with Crippen LogP contribution in [0.4, 0.5) is 0 Å². The van der Waals surface area contributed by atoms with E-state index in [4.69, 9.17) is 9.97 Å². The summed E-state index contributed by atoms with van der Waals surface area (Å²) in [5.74, 6) is 0. The molecule has 0 N–H and O–H groups in total. The molecule has 3 heteroatoms. The van der Waals surface area contributed by atoms with E-state index in [1.165, 1.54) is 44.1 Å². The molecule has 3 nitrogen and oxygen atoms in total. The number of rotatable bonds is 2. The van der Waals surface area contributed by atoms with Crippen LogP contribution < -0.4 is 0 Å². The van der Waals surface area contributed by atoms with Crippen LogP contribution in [0, 0.1) is 0 Å². The van der Waals surface area contributed by atoms with Crippen molar-refractivity contribution in [2.24, 2.45) is 0 Å². The number of hydrogen-bond donors (Lipinski definition) is 0. The van der Waals surface area contributed by atoms with E-state index < -0.39 is 0 Å². The molecule has 198 valence electrons. The number of fused-ring (bicyclic) bond motifs is 9. The van der Waals surface area contributed by atoms with Crippen molar-refractivity contribution in [3.8, 4) is 22.4 Å². The Labute approximate surface area is 239 Å². The topological polar surface area (TPSA) is 30.7 Å². The van der Waals surface area contributed by atoms with E-state index in [2.05, 4.69) is 128 Å². The van der Waals surface area contributed by atoms with E-state index in [1.807, 2.05) is 6.20 Å². The maximum Gasteiger partial charge on any atom is 0.0979 e. The Morgan fingerprint density at radius 3 is 2.07 bits per heavy atom. The minimum Gasteiger partial charge on any atom is -0.339 e. The van der Waals surface area contributed by atoms with Gasteiger partial charge < -0.3 is 4.57 Å². The summed E-state index contributed by atoms with van der Waals surface area (Å²) in [7, 11) is 0. The molecule has 0 unspecified atom stereocenters. The summed E-state index contributed by atoms with van der Waals surface area (Å²) in [5, 5.41) is 6.02. The molecule has 1 aliphatic rings. The fraction of sp³-hybridized carbons (Fsp3) is 0.158. The minimum atomic E-state index is 0.0179. The molecule has 0 amide bonds. The smallest absolute Gasteiger partial charge is 0.0979 e. The zero-order valence-electron chi connectivity index (χ0n) is 23.6. The Kier molecular flexibility index (Phi) is 5.21. The predicted octanol–water partition coefficient (Wildman–Crippen LogP) is 9.94. The highest BCUT2D eigenvalue weighted by Gasteiger charge is 2.25. The monoisotopic (exact) mass is 529 g/mol. The van der Waals surface area contributed by atoms with Gasteiger partial charge in [0.1, 0.15) is 0 Å². The van der Waals surface area contributed by atoms with Gasteiger partial charge in [-0.05, 0) is 67.6 Å². The van der Waals surface area contributed by atoms with Gasteiger partial charge in [0.2, 0.25) is 0 Å². The van der Waals surface area contributed by atoms with Crippen molar-refractivity contribution in [3.63, 3.8) is 0 Å². The van der Waals surface area contributed by atoms with Crippen LogP contribution in [-0.2, 0) is 12.0 Å². The summed E-state index contributed by atoms with van der Waals surface area (Å²) in [6.07, 6.45) is 8.76. The molecule has 1 aliphatic carbocycles. The highest BCUT2D eigenvalue weighted by atomic mass is 15.1. The van der Waals surface area contributed by atoms with Crippen molar-refractivity contribution >= 4 is 49.6 Å². The second-order valence-corrected chi connectivity index (χ2v) is 12.1. The van der Waals surface area contributed by atoms with E-state index in [0.717, 1.165) is 45.9 Å². The van der Waals surface area contributed by atoms with Gasteiger partial charge in [-0.2, -0.15) is 0 Å². The van der Waals surface area contributed by atoms with Gasteiger partial charge in [-0.15, -0.1) is 0 Å². The van der Waals surface area contributed by atoms with Crippen LogP contribution in [-0.4, -0.2) is 14.5 Å². The fourth-order valence-corrected chi connectivity index (χ4v) is 6.87. The quantitative estimate of drug-likeness (QED) is 0.209. The standard InChI is InChI=1S/C38H31N3/c1-38(2,3)41-34-19-11-10-16-29(34)32-22-24(20-21-35(32)41)25-12-4-7-15-28(25)33-23-39-36-30-17-8-5-13-26(30)27-14-6-9-18-31(27)37(36)40-33/h4-10,12-18,20-23H,11,19H2,1-3H3. The first-order chi connectivity index (χ1) is 20.0. The summed E-state index contributed by atoms with van der Waals surface area (Å²) in [6, 6.07) is 32.6. The Hall–Kier alpha value is -4.76. The average Bonchev–Trinajstić information content (AvgIpc) is 3.35. The van der Waals surface area contributed by atoms with Crippen LogP contribution in [0.2, 0.25) is 0 Å². The molecule has 0 saturated carbocycles. The first-order valence-electron chi connectivity index (χ1n) is 14.5. The van der Waals surface area contributed by atoms with Crippen LogP contribution in [0.5, 0.6) is 0 Å². The van der Waals surface area contributed by atoms with Crippen molar-refractivity contribution < 1.29 is 0 Å². The van der Waals surface area contributed by atoms with E-state index in [1.54, 1.807) is 0 Å². The number of benzene rings is 5. The van der Waals surface area contributed by atoms with Crippen molar-refractivity contribution in [1.29, 1.82) is 0 Å². The van der Waals surface area contributed by atoms with Gasteiger partial charge >= 0.3 is 0 Å². The lowest BCUT2D eigenvalue weighted by Gasteiger charge is -2.26. The van der Waals surface area contributed by atoms with Gasteiger partial charge in [-0.25, -0.2) is 4.98 Å². The first-order valence-corrected chi connectivity index (χ1v) is 14.5. The van der Waals surface area contributed by atoms with Crippen molar-refractivity contribution in [3.05, 3.63) is 115 Å². The predicted molar refractivity (Wildman–Crippen MR) is 173 cm³/mol. The maximum absolute atomic E-state index is 5.30. The van der Waals surface area contributed by atoms with Gasteiger partial charge in [0.15, 0.2) is 0 Å². The van der Waals surface area contributed by atoms with E-state index >= 15 is 0 Å². The Morgan fingerprint density at radius 1 is 0.683 bits per heavy atom. The summed E-state index contributed by atoms with van der Waals surface area (Å²) in [4.78, 5) is 10.3. The number of allylic oxidation sites excluding steroid dienone is 1. The van der Waals surface area contributed by atoms with Crippen molar-refractivity contribution in [2.45, 2.75) is 39.2 Å². The summed E-state index contributed by atoms with van der Waals surface area (Å²) in [6.45, 7) is 6.92. The lowest BCUT2D eigenvalue weighted by Crippen LogP contribution is -2.24. The molecule has 8 rings (SSSR count). The molecule has 2 heterocycles. The van der Waals surface area contributed by atoms with Crippen LogP contribution in [0.15, 0.2) is 103 Å². The maximum atomic E-state index is 5.30. The highest BCUT2D eigenvalue weighted by Crippen LogP contribution is 2.40. The van der Waals surface area contributed by atoms with Crippen LogP contribution in [0.25, 0.3) is 71.9 Å². The normalized spacial score (nSPS) is 13.4. The summed E-state index contributed by atoms with van der Waals surface area (Å²) in [5.41, 5.74) is 10.4. The molecule has 7 aromatic rings. The van der Waals surface area contributed by atoms with Gasteiger partial charge in [0.05, 0.1) is 22.9 Å². The third-order valence-electron chi connectivity index (χ3n) is 8.55. The van der Waals surface area contributed by atoms with Gasteiger partial charge in [-0.1, -0.05) is 91.0 Å². The average molecular weight is 530 g/mol. The van der Waals surface area contributed by atoms with E-state index in [-0.39, 0.29) is 5.54 Å². The Morgan fingerprint density at radius 2 is 1.34 bits per heavy atom. The molecule has 0 aliphatic heterocycles. The Bertz CT molecular complexity index is 2160. The van der Waals surface area contributed by atoms with Crippen LogP contribution in [0.3, 0.4) is 0 Å². The first kappa shape index (κ1) is 24.1. The molecule has 5 aromatic carbocycles. The molecule has 41 heavy (non-hydrogen) atoms. The van der Waals surface area contributed by atoms with Crippen LogP contribution in [0.1, 0.15) is 38.4 Å². The lowest BCUT2D eigenvalue weighted by molar-refractivity contribution is 0.397. The molecule has 0 bridgehead atoms. The summed E-state index contributed by atoms with van der Waals surface area (Å²) < 4.78 is 2.54. The van der Waals surface area contributed by atoms with Crippen LogP contribution >= 0.6 is 0 Å². The highest BCUT2D eigenvalue weighted by molar-refractivity contribution is 6.23. The molecule has 0 radical (unpaired) electrons. The largest absolute Gasteiger partial charge is 0.339 e. The minimum absolute atomic E-state index is 0.0179. The van der Waals surface area contributed by atoms with Crippen molar-refractivity contribution in [1.82, 2.24) is 14.5 Å². The van der Waals surface area contributed by atoms with Crippen molar-refractivity contribution in [2.75, 3.05) is 0 Å². The van der Waals surface area contributed by atoms with Gasteiger partial charge in [0, 0.05) is 44.0 Å². The molecule has 0 fully saturated rings. The number of aromatic nitrogens is 3. The molecular weight excluding hydrogens is 498 g/mol. The lowest BCUT2D eigenvalue weighted by atomic mass is 9.95. The Balaban J connectivity index is 1.35. The summed E-state index contributed by atoms with van der Waals surface area (Å²) >= 11 is 0. The molecule has 0 atom stereocenters. The number of hydrogen-bond acceptors (Lipinski definition) is 2. The third kappa shape index (κ3) is 3.65. The number of nitrogens with zero attached hydrogens (tertiary/aromatic N) is 3. The van der Waals surface area contributed by atoms with Gasteiger partial charge in [0.25, 0.3) is 0 Å². The van der Waals surface area contributed by atoms with Gasteiger partial charge in [-0.3, -0.25) is 4.98 Å². The zero-order valence-corrected chi connectivity index (χ0v) is 23.6.